The number of nitrogens with zero attached hydrogens (tertiary/aromatic N) is 2. The van der Waals surface area contributed by atoms with Crippen molar-refractivity contribution in [2.24, 2.45) is 10.9 Å². The number of barbiturate groups is 1. The molecule has 4 amide bonds. The third-order valence-electron chi connectivity index (χ3n) is 4.61. The zero-order valence-electron chi connectivity index (χ0n) is 14.2. The summed E-state index contributed by atoms with van der Waals surface area (Å²) in [7, 11) is 0. The Morgan fingerprint density at radius 2 is 1.68 bits per heavy atom. The van der Waals surface area contributed by atoms with Crippen LogP contribution in [0.5, 0.6) is 0 Å². The van der Waals surface area contributed by atoms with Crippen LogP contribution in [0.25, 0.3) is 0 Å². The normalized spacial score (nSPS) is 21.2. The van der Waals surface area contributed by atoms with Gasteiger partial charge in [-0.25, -0.2) is 4.79 Å². The highest BCUT2D eigenvalue weighted by Crippen LogP contribution is 2.18. The van der Waals surface area contributed by atoms with E-state index in [1.165, 1.54) is 5.56 Å². The molecule has 2 heterocycles. The van der Waals surface area contributed by atoms with Crippen LogP contribution in [0.1, 0.15) is 25.3 Å². The van der Waals surface area contributed by atoms with Crippen molar-refractivity contribution in [3.8, 4) is 0 Å². The van der Waals surface area contributed by atoms with Gasteiger partial charge in [-0.05, 0) is 25.3 Å². The first-order valence-electron chi connectivity index (χ1n) is 8.49. The number of likely N-dealkylation sites (tertiary alicyclic amines) is 1. The Hall–Kier alpha value is -2.54. The van der Waals surface area contributed by atoms with E-state index in [-0.39, 0.29) is 6.04 Å². The van der Waals surface area contributed by atoms with Crippen molar-refractivity contribution < 1.29 is 14.4 Å². The fourth-order valence-electron chi connectivity index (χ4n) is 3.31. The van der Waals surface area contributed by atoms with Crippen LogP contribution in [-0.2, 0) is 16.1 Å². The monoisotopic (exact) mass is 342 g/mol. The van der Waals surface area contributed by atoms with Crippen molar-refractivity contribution >= 4 is 23.6 Å². The average molecular weight is 342 g/mol. The van der Waals surface area contributed by atoms with Gasteiger partial charge in [0.2, 0.25) is 11.8 Å². The molecule has 0 bridgehead atoms. The summed E-state index contributed by atoms with van der Waals surface area (Å²) in [4.78, 5) is 41.8. The van der Waals surface area contributed by atoms with Gasteiger partial charge in [-0.2, -0.15) is 0 Å². The first-order chi connectivity index (χ1) is 12.0. The SMILES string of the molecule is CC(=NC1CCN(Cc2ccccc2)CC1)C1C(=O)NC(=O)NC1=O. The number of hydrogen-bond acceptors (Lipinski definition) is 5. The molecule has 0 spiro atoms. The molecule has 25 heavy (non-hydrogen) atoms. The lowest BCUT2D eigenvalue weighted by molar-refractivity contribution is -0.132. The Morgan fingerprint density at radius 1 is 1.08 bits per heavy atom. The third-order valence-corrected chi connectivity index (χ3v) is 4.61. The lowest BCUT2D eigenvalue weighted by Crippen LogP contribution is -2.57. The smallest absolute Gasteiger partial charge is 0.299 e. The molecular formula is C18H22N4O3. The molecule has 2 saturated heterocycles. The summed E-state index contributed by atoms with van der Waals surface area (Å²) in [5.74, 6) is -2.21. The number of hydrogen-bond donors (Lipinski definition) is 2. The summed E-state index contributed by atoms with van der Waals surface area (Å²) in [5.41, 5.74) is 1.75. The van der Waals surface area contributed by atoms with Gasteiger partial charge in [0.05, 0.1) is 6.04 Å². The molecule has 0 aromatic heterocycles. The van der Waals surface area contributed by atoms with Crippen molar-refractivity contribution in [2.45, 2.75) is 32.4 Å². The summed E-state index contributed by atoms with van der Waals surface area (Å²) in [6.07, 6.45) is 1.78. The molecule has 2 fully saturated rings. The van der Waals surface area contributed by atoms with Gasteiger partial charge in [0.1, 0.15) is 0 Å². The number of carbonyl (C=O) groups excluding carboxylic acids is 3. The Labute approximate surface area is 146 Å². The molecule has 3 rings (SSSR count). The maximum atomic E-state index is 11.9. The van der Waals surface area contributed by atoms with Crippen molar-refractivity contribution in [3.63, 3.8) is 0 Å². The van der Waals surface area contributed by atoms with E-state index in [2.05, 4.69) is 32.7 Å². The van der Waals surface area contributed by atoms with E-state index < -0.39 is 23.8 Å². The van der Waals surface area contributed by atoms with E-state index >= 15 is 0 Å². The Morgan fingerprint density at radius 3 is 2.28 bits per heavy atom. The first-order valence-corrected chi connectivity index (χ1v) is 8.49. The third kappa shape index (κ3) is 4.30. The number of aliphatic imine (C=N–C) groups is 1. The predicted octanol–water partition coefficient (Wildman–Crippen LogP) is 1.09. The molecule has 2 N–H and O–H groups in total. The number of carbonyl (C=O) groups is 3. The number of benzene rings is 1. The Bertz CT molecular complexity index is 674. The lowest BCUT2D eigenvalue weighted by Gasteiger charge is -2.31. The maximum Gasteiger partial charge on any atom is 0.328 e. The largest absolute Gasteiger partial charge is 0.328 e. The second kappa shape index (κ2) is 7.57. The highest BCUT2D eigenvalue weighted by Gasteiger charge is 2.36. The molecular weight excluding hydrogens is 320 g/mol. The summed E-state index contributed by atoms with van der Waals surface area (Å²) in [5, 5.41) is 4.23. The van der Waals surface area contributed by atoms with Crippen LogP contribution in [0.4, 0.5) is 4.79 Å². The second-order valence-corrected chi connectivity index (χ2v) is 6.50. The quantitative estimate of drug-likeness (QED) is 0.633. The van der Waals surface area contributed by atoms with Gasteiger partial charge in [-0.1, -0.05) is 30.3 Å². The van der Waals surface area contributed by atoms with Crippen LogP contribution >= 0.6 is 0 Å². The van der Waals surface area contributed by atoms with Gasteiger partial charge in [0.25, 0.3) is 0 Å². The fraction of sp³-hybridized carbons (Fsp3) is 0.444. The van der Waals surface area contributed by atoms with Crippen molar-refractivity contribution in [1.29, 1.82) is 0 Å². The molecule has 0 radical (unpaired) electrons. The fourth-order valence-corrected chi connectivity index (χ4v) is 3.31. The van der Waals surface area contributed by atoms with Gasteiger partial charge in [0, 0.05) is 25.3 Å². The lowest BCUT2D eigenvalue weighted by atomic mass is 9.99. The number of rotatable bonds is 4. The standard InChI is InChI=1S/C18H22N4O3/c1-12(15-16(23)20-18(25)21-17(15)24)19-14-7-9-22(10-8-14)11-13-5-3-2-4-6-13/h2-6,14-15H,7-11H2,1H3,(H2,20,21,23,24,25). The highest BCUT2D eigenvalue weighted by atomic mass is 16.2. The highest BCUT2D eigenvalue weighted by molar-refractivity contribution is 6.27. The van der Waals surface area contributed by atoms with E-state index in [4.69, 9.17) is 0 Å². The molecule has 1 aromatic rings. The Balaban J connectivity index is 1.55. The van der Waals surface area contributed by atoms with Crippen LogP contribution in [-0.4, -0.2) is 47.6 Å². The van der Waals surface area contributed by atoms with Crippen molar-refractivity contribution in [2.75, 3.05) is 13.1 Å². The van der Waals surface area contributed by atoms with E-state index in [0.717, 1.165) is 32.5 Å². The first kappa shape index (κ1) is 17.3. The molecule has 1 aromatic carbocycles. The molecule has 2 aliphatic rings. The zero-order chi connectivity index (χ0) is 17.8. The molecule has 0 atom stereocenters. The minimum atomic E-state index is -1.01. The molecule has 7 nitrogen and oxygen atoms in total. The number of nitrogens with one attached hydrogen (secondary N) is 2. The molecule has 0 unspecified atom stereocenters. The summed E-state index contributed by atoms with van der Waals surface area (Å²) >= 11 is 0. The van der Waals surface area contributed by atoms with Crippen LogP contribution in [0.3, 0.4) is 0 Å². The number of imide groups is 2. The van der Waals surface area contributed by atoms with E-state index in [1.807, 2.05) is 18.2 Å². The molecule has 2 aliphatic heterocycles. The van der Waals surface area contributed by atoms with Gasteiger partial charge in [-0.3, -0.25) is 30.1 Å². The zero-order valence-corrected chi connectivity index (χ0v) is 14.2. The van der Waals surface area contributed by atoms with Crippen LogP contribution in [0.15, 0.2) is 35.3 Å². The van der Waals surface area contributed by atoms with Gasteiger partial charge in [0.15, 0.2) is 5.92 Å². The second-order valence-electron chi connectivity index (χ2n) is 6.50. The minimum Gasteiger partial charge on any atom is -0.299 e. The van der Waals surface area contributed by atoms with Gasteiger partial charge >= 0.3 is 6.03 Å². The molecule has 132 valence electrons. The minimum absolute atomic E-state index is 0.102. The van der Waals surface area contributed by atoms with Crippen LogP contribution in [0, 0.1) is 5.92 Å². The van der Waals surface area contributed by atoms with Crippen LogP contribution < -0.4 is 10.6 Å². The number of piperidine rings is 1. The molecule has 0 aliphatic carbocycles. The van der Waals surface area contributed by atoms with Gasteiger partial charge in [-0.15, -0.1) is 0 Å². The maximum absolute atomic E-state index is 11.9. The predicted molar refractivity (Wildman–Crippen MR) is 93.0 cm³/mol. The summed E-state index contributed by atoms with van der Waals surface area (Å²) in [6, 6.07) is 9.67. The summed E-state index contributed by atoms with van der Waals surface area (Å²) < 4.78 is 0. The van der Waals surface area contributed by atoms with E-state index in [0.29, 0.717) is 5.71 Å². The van der Waals surface area contributed by atoms with Crippen molar-refractivity contribution in [1.82, 2.24) is 15.5 Å². The Kier molecular flexibility index (Phi) is 5.23. The molecule has 7 heteroatoms. The summed E-state index contributed by atoms with van der Waals surface area (Å²) in [6.45, 7) is 4.46. The van der Waals surface area contributed by atoms with E-state index in [9.17, 15) is 14.4 Å². The molecule has 0 saturated carbocycles. The average Bonchev–Trinajstić information content (AvgIpc) is 2.56. The topological polar surface area (TPSA) is 90.9 Å². The van der Waals surface area contributed by atoms with Crippen LogP contribution in [0.2, 0.25) is 0 Å². The van der Waals surface area contributed by atoms with Gasteiger partial charge < -0.3 is 0 Å². The number of amides is 4. The number of urea groups is 1. The van der Waals surface area contributed by atoms with E-state index in [1.54, 1.807) is 6.92 Å². The van der Waals surface area contributed by atoms with Crippen molar-refractivity contribution in [3.05, 3.63) is 35.9 Å².